The largest absolute Gasteiger partial charge is 0.301 e. The minimum Gasteiger partial charge on any atom is -0.301 e. The van der Waals surface area contributed by atoms with E-state index in [0.717, 1.165) is 11.7 Å². The van der Waals surface area contributed by atoms with Gasteiger partial charge in [0.25, 0.3) is 0 Å². The number of piperazine rings is 1. The van der Waals surface area contributed by atoms with Crippen molar-refractivity contribution in [3.05, 3.63) is 0 Å². The van der Waals surface area contributed by atoms with Crippen LogP contribution in [0.5, 0.6) is 0 Å². The van der Waals surface area contributed by atoms with E-state index in [1.165, 1.54) is 52.1 Å². The van der Waals surface area contributed by atoms with E-state index in [0.29, 0.717) is 5.41 Å². The first-order valence-electron chi connectivity index (χ1n) is 7.60. The SMILES string of the molecule is CCC(CC)(CS)CN1CCN(CC(C)C)CC1. The van der Waals surface area contributed by atoms with Gasteiger partial charge in [-0.2, -0.15) is 12.6 Å². The summed E-state index contributed by atoms with van der Waals surface area (Å²) < 4.78 is 0. The highest BCUT2D eigenvalue weighted by molar-refractivity contribution is 7.80. The van der Waals surface area contributed by atoms with Crippen LogP contribution in [0.25, 0.3) is 0 Å². The van der Waals surface area contributed by atoms with E-state index in [2.05, 4.69) is 50.1 Å². The van der Waals surface area contributed by atoms with Crippen molar-refractivity contribution in [2.45, 2.75) is 40.5 Å². The van der Waals surface area contributed by atoms with E-state index < -0.39 is 0 Å². The number of nitrogens with zero attached hydrogens (tertiary/aromatic N) is 2. The zero-order chi connectivity index (χ0) is 13.6. The van der Waals surface area contributed by atoms with Gasteiger partial charge in [0.15, 0.2) is 0 Å². The van der Waals surface area contributed by atoms with Crippen LogP contribution in [0.15, 0.2) is 0 Å². The van der Waals surface area contributed by atoms with Crippen LogP contribution in [0.3, 0.4) is 0 Å². The molecule has 108 valence electrons. The average molecular weight is 273 g/mol. The summed E-state index contributed by atoms with van der Waals surface area (Å²) in [5.41, 5.74) is 0.434. The zero-order valence-electron chi connectivity index (χ0n) is 12.8. The van der Waals surface area contributed by atoms with Crippen molar-refractivity contribution in [3.8, 4) is 0 Å². The van der Waals surface area contributed by atoms with Crippen LogP contribution in [0, 0.1) is 11.3 Å². The Morgan fingerprint density at radius 1 is 1.00 bits per heavy atom. The first kappa shape index (κ1) is 16.3. The molecule has 0 radical (unpaired) electrons. The minimum atomic E-state index is 0.434. The fourth-order valence-corrected chi connectivity index (χ4v) is 3.42. The van der Waals surface area contributed by atoms with Crippen LogP contribution in [0.4, 0.5) is 0 Å². The Bertz CT molecular complexity index is 210. The second kappa shape index (κ2) is 7.76. The molecule has 0 amide bonds. The molecule has 0 aromatic heterocycles. The molecule has 0 bridgehead atoms. The van der Waals surface area contributed by atoms with Gasteiger partial charge < -0.3 is 9.80 Å². The molecule has 1 heterocycles. The molecule has 0 aromatic rings. The lowest BCUT2D eigenvalue weighted by Gasteiger charge is -2.41. The molecule has 1 fully saturated rings. The summed E-state index contributed by atoms with van der Waals surface area (Å²) in [4.78, 5) is 5.27. The molecular weight excluding hydrogens is 240 g/mol. The van der Waals surface area contributed by atoms with Gasteiger partial charge >= 0.3 is 0 Å². The van der Waals surface area contributed by atoms with E-state index in [1.54, 1.807) is 0 Å². The van der Waals surface area contributed by atoms with Crippen LogP contribution in [0.2, 0.25) is 0 Å². The van der Waals surface area contributed by atoms with Gasteiger partial charge in [-0.25, -0.2) is 0 Å². The van der Waals surface area contributed by atoms with Gasteiger partial charge in [-0.3, -0.25) is 0 Å². The molecule has 0 aromatic carbocycles. The zero-order valence-corrected chi connectivity index (χ0v) is 13.7. The molecule has 0 unspecified atom stereocenters. The summed E-state index contributed by atoms with van der Waals surface area (Å²) in [6, 6.07) is 0. The number of thiol groups is 1. The van der Waals surface area contributed by atoms with Gasteiger partial charge in [0, 0.05) is 39.3 Å². The first-order valence-corrected chi connectivity index (χ1v) is 8.24. The van der Waals surface area contributed by atoms with Gasteiger partial charge in [0.2, 0.25) is 0 Å². The topological polar surface area (TPSA) is 6.48 Å². The molecule has 1 aliphatic rings. The second-order valence-corrected chi connectivity index (χ2v) is 6.65. The molecular formula is C15H32N2S. The number of hydrogen-bond acceptors (Lipinski definition) is 3. The van der Waals surface area contributed by atoms with E-state index in [-0.39, 0.29) is 0 Å². The van der Waals surface area contributed by atoms with Crippen molar-refractivity contribution < 1.29 is 0 Å². The fourth-order valence-electron chi connectivity index (χ4n) is 2.87. The molecule has 1 rings (SSSR count). The van der Waals surface area contributed by atoms with Crippen molar-refractivity contribution in [3.63, 3.8) is 0 Å². The molecule has 1 aliphatic heterocycles. The second-order valence-electron chi connectivity index (χ2n) is 6.34. The Morgan fingerprint density at radius 2 is 1.50 bits per heavy atom. The Kier molecular flexibility index (Phi) is 7.04. The lowest BCUT2D eigenvalue weighted by molar-refractivity contribution is 0.0833. The predicted octanol–water partition coefficient (Wildman–Crippen LogP) is 3.00. The fraction of sp³-hybridized carbons (Fsp3) is 1.00. The van der Waals surface area contributed by atoms with E-state index in [9.17, 15) is 0 Å². The van der Waals surface area contributed by atoms with Crippen LogP contribution >= 0.6 is 12.6 Å². The number of rotatable bonds is 7. The molecule has 0 spiro atoms. The quantitative estimate of drug-likeness (QED) is 0.712. The van der Waals surface area contributed by atoms with Crippen molar-refractivity contribution in [2.24, 2.45) is 11.3 Å². The molecule has 18 heavy (non-hydrogen) atoms. The summed E-state index contributed by atoms with van der Waals surface area (Å²) >= 11 is 4.59. The minimum absolute atomic E-state index is 0.434. The molecule has 3 heteroatoms. The molecule has 0 aliphatic carbocycles. The van der Waals surface area contributed by atoms with Crippen LogP contribution in [0.1, 0.15) is 40.5 Å². The average Bonchev–Trinajstić information content (AvgIpc) is 2.38. The Balaban J connectivity index is 2.38. The first-order chi connectivity index (χ1) is 8.55. The van der Waals surface area contributed by atoms with Crippen molar-refractivity contribution in [2.75, 3.05) is 45.0 Å². The maximum absolute atomic E-state index is 4.59. The highest BCUT2D eigenvalue weighted by Gasteiger charge is 2.29. The molecule has 2 nitrogen and oxygen atoms in total. The highest BCUT2D eigenvalue weighted by atomic mass is 32.1. The van der Waals surface area contributed by atoms with Crippen molar-refractivity contribution in [1.82, 2.24) is 9.80 Å². The monoisotopic (exact) mass is 272 g/mol. The molecule has 0 atom stereocenters. The van der Waals surface area contributed by atoms with Crippen molar-refractivity contribution in [1.29, 1.82) is 0 Å². The summed E-state index contributed by atoms with van der Waals surface area (Å²) in [6.07, 6.45) is 2.50. The Hall–Kier alpha value is 0.270. The van der Waals surface area contributed by atoms with E-state index in [4.69, 9.17) is 0 Å². The summed E-state index contributed by atoms with van der Waals surface area (Å²) in [5.74, 6) is 1.81. The van der Waals surface area contributed by atoms with Crippen LogP contribution in [-0.4, -0.2) is 54.8 Å². The highest BCUT2D eigenvalue weighted by Crippen LogP contribution is 2.29. The smallest absolute Gasteiger partial charge is 0.0110 e. The maximum atomic E-state index is 4.59. The van der Waals surface area contributed by atoms with Crippen LogP contribution < -0.4 is 0 Å². The van der Waals surface area contributed by atoms with Gasteiger partial charge in [0.05, 0.1) is 0 Å². The summed E-state index contributed by atoms with van der Waals surface area (Å²) in [5, 5.41) is 0. The lowest BCUT2D eigenvalue weighted by Crippen LogP contribution is -2.50. The van der Waals surface area contributed by atoms with Gasteiger partial charge in [-0.05, 0) is 29.9 Å². The van der Waals surface area contributed by atoms with Crippen molar-refractivity contribution >= 4 is 12.6 Å². The lowest BCUT2D eigenvalue weighted by atomic mass is 9.83. The Morgan fingerprint density at radius 3 is 1.89 bits per heavy atom. The van der Waals surface area contributed by atoms with E-state index in [1.807, 2.05) is 0 Å². The third kappa shape index (κ3) is 4.75. The van der Waals surface area contributed by atoms with Gasteiger partial charge in [-0.1, -0.05) is 27.7 Å². The molecule has 0 N–H and O–H groups in total. The van der Waals surface area contributed by atoms with Gasteiger partial charge in [-0.15, -0.1) is 0 Å². The predicted molar refractivity (Wildman–Crippen MR) is 84.6 cm³/mol. The normalized spacial score (nSPS) is 19.7. The van der Waals surface area contributed by atoms with Gasteiger partial charge in [0.1, 0.15) is 0 Å². The number of hydrogen-bond donors (Lipinski definition) is 1. The van der Waals surface area contributed by atoms with Crippen LogP contribution in [-0.2, 0) is 0 Å². The third-order valence-electron chi connectivity index (χ3n) is 4.48. The third-order valence-corrected chi connectivity index (χ3v) is 5.15. The maximum Gasteiger partial charge on any atom is 0.0110 e. The molecule has 1 saturated heterocycles. The summed E-state index contributed by atoms with van der Waals surface area (Å²) in [6.45, 7) is 16.7. The molecule has 0 saturated carbocycles. The van der Waals surface area contributed by atoms with E-state index >= 15 is 0 Å². The Labute approximate surface area is 120 Å². The summed E-state index contributed by atoms with van der Waals surface area (Å²) in [7, 11) is 0. The standard InChI is InChI=1S/C15H32N2S/c1-5-15(6-2,13-18)12-17-9-7-16(8-10-17)11-14(3)4/h14,18H,5-13H2,1-4H3.